The minimum absolute atomic E-state index is 0.0694. The van der Waals surface area contributed by atoms with Gasteiger partial charge in [0.05, 0.1) is 5.69 Å². The number of aryl methyl sites for hydroxylation is 3. The van der Waals surface area contributed by atoms with Crippen molar-refractivity contribution in [1.29, 1.82) is 0 Å². The third-order valence-corrected chi connectivity index (χ3v) is 5.71. The van der Waals surface area contributed by atoms with E-state index >= 15 is 0 Å². The van der Waals surface area contributed by atoms with Gasteiger partial charge in [-0.2, -0.15) is 9.78 Å². The summed E-state index contributed by atoms with van der Waals surface area (Å²) in [4.78, 5) is 22.4. The Morgan fingerprint density at radius 3 is 2.52 bits per heavy atom. The van der Waals surface area contributed by atoms with E-state index in [1.807, 2.05) is 57.2 Å². The van der Waals surface area contributed by atoms with Gasteiger partial charge in [0.2, 0.25) is 5.91 Å². The van der Waals surface area contributed by atoms with Gasteiger partial charge < -0.3 is 5.32 Å². The van der Waals surface area contributed by atoms with Crippen LogP contribution in [0.25, 0.3) is 5.95 Å². The number of amides is 1. The van der Waals surface area contributed by atoms with Crippen molar-refractivity contribution in [2.24, 2.45) is 0 Å². The number of nitrogens with zero attached hydrogens (tertiary/aromatic N) is 4. The van der Waals surface area contributed by atoms with Crippen molar-refractivity contribution in [3.05, 3.63) is 58.0 Å². The van der Waals surface area contributed by atoms with E-state index in [-0.39, 0.29) is 5.91 Å². The number of benzene rings is 1. The van der Waals surface area contributed by atoms with Crippen LogP contribution in [0.15, 0.2) is 45.8 Å². The molecule has 0 saturated heterocycles. The third-order valence-electron chi connectivity index (χ3n) is 3.68. The Kier molecular flexibility index (Phi) is 6.28. The zero-order chi connectivity index (χ0) is 19.4. The first kappa shape index (κ1) is 19.6. The first-order valence-electron chi connectivity index (χ1n) is 8.49. The molecule has 140 valence electrons. The molecule has 0 aliphatic heterocycles. The molecule has 0 aliphatic rings. The molecule has 1 amide bonds. The van der Waals surface area contributed by atoms with Crippen LogP contribution >= 0.6 is 27.7 Å². The van der Waals surface area contributed by atoms with Crippen LogP contribution in [0.1, 0.15) is 23.5 Å². The number of carbonyl (C=O) groups excluding carboxylic acids is 1. The highest BCUT2D eigenvalue weighted by molar-refractivity contribution is 9.10. The first-order valence-corrected chi connectivity index (χ1v) is 10.3. The summed E-state index contributed by atoms with van der Waals surface area (Å²) in [6.45, 7) is 5.69. The van der Waals surface area contributed by atoms with E-state index in [1.165, 1.54) is 0 Å². The van der Waals surface area contributed by atoms with E-state index < -0.39 is 0 Å². The Morgan fingerprint density at radius 2 is 1.81 bits per heavy atom. The second-order valence-corrected chi connectivity index (χ2v) is 8.10. The lowest BCUT2D eigenvalue weighted by Crippen LogP contribution is -2.16. The van der Waals surface area contributed by atoms with Crippen LogP contribution in [0.4, 0.5) is 5.82 Å². The van der Waals surface area contributed by atoms with Crippen molar-refractivity contribution in [3.63, 3.8) is 0 Å². The predicted molar refractivity (Wildman–Crippen MR) is 111 cm³/mol. The fourth-order valence-corrected chi connectivity index (χ4v) is 4.08. The molecule has 8 heteroatoms. The molecule has 1 N–H and O–H groups in total. The van der Waals surface area contributed by atoms with Gasteiger partial charge in [0.1, 0.15) is 5.82 Å². The molecule has 0 fully saturated rings. The van der Waals surface area contributed by atoms with Crippen molar-refractivity contribution in [3.8, 4) is 5.95 Å². The van der Waals surface area contributed by atoms with E-state index in [9.17, 15) is 4.79 Å². The molecule has 0 bridgehead atoms. The summed E-state index contributed by atoms with van der Waals surface area (Å²) in [5.41, 5.74) is 2.50. The van der Waals surface area contributed by atoms with Gasteiger partial charge in [0.15, 0.2) is 0 Å². The summed E-state index contributed by atoms with van der Waals surface area (Å²) in [5, 5.41) is 7.35. The zero-order valence-corrected chi connectivity index (χ0v) is 17.8. The summed E-state index contributed by atoms with van der Waals surface area (Å²) in [6, 6.07) is 11.7. The van der Waals surface area contributed by atoms with Crippen LogP contribution < -0.4 is 5.32 Å². The Morgan fingerprint density at radius 1 is 1.11 bits per heavy atom. The maximum absolute atomic E-state index is 12.4. The Labute approximate surface area is 170 Å². The standard InChI is InChI=1S/C19H20BrN5OS/c1-12-10-13(2)22-19(21-12)25-17(11-14(3)24-25)23-18(26)8-9-27-16-7-5-4-6-15(16)20/h4-7,10-11H,8-9H2,1-3H3,(H,23,26). The highest BCUT2D eigenvalue weighted by Gasteiger charge is 2.14. The second kappa shape index (κ2) is 8.67. The molecule has 1 aromatic carbocycles. The van der Waals surface area contributed by atoms with Gasteiger partial charge >= 0.3 is 0 Å². The number of nitrogens with one attached hydrogen (secondary N) is 1. The molecule has 0 radical (unpaired) electrons. The van der Waals surface area contributed by atoms with Crippen molar-refractivity contribution in [2.75, 3.05) is 11.1 Å². The average molecular weight is 446 g/mol. The molecule has 2 aromatic heterocycles. The molecule has 0 saturated carbocycles. The lowest BCUT2D eigenvalue weighted by molar-refractivity contribution is -0.115. The fourth-order valence-electron chi connectivity index (χ4n) is 2.56. The quantitative estimate of drug-likeness (QED) is 0.566. The topological polar surface area (TPSA) is 72.7 Å². The van der Waals surface area contributed by atoms with Gasteiger partial charge in [0, 0.05) is 39.0 Å². The van der Waals surface area contributed by atoms with Gasteiger partial charge in [-0.15, -0.1) is 11.8 Å². The molecule has 3 aromatic rings. The van der Waals surface area contributed by atoms with Gasteiger partial charge in [-0.1, -0.05) is 12.1 Å². The van der Waals surface area contributed by atoms with Gasteiger partial charge in [-0.05, 0) is 54.9 Å². The minimum atomic E-state index is -0.0694. The van der Waals surface area contributed by atoms with Crippen LogP contribution in [0.5, 0.6) is 0 Å². The summed E-state index contributed by atoms with van der Waals surface area (Å²) < 4.78 is 2.62. The van der Waals surface area contributed by atoms with Crippen molar-refractivity contribution >= 4 is 39.4 Å². The maximum atomic E-state index is 12.4. The molecule has 27 heavy (non-hydrogen) atoms. The average Bonchev–Trinajstić information content (AvgIpc) is 2.96. The van der Waals surface area contributed by atoms with Crippen LogP contribution in [-0.4, -0.2) is 31.4 Å². The van der Waals surface area contributed by atoms with Crippen LogP contribution in [0.3, 0.4) is 0 Å². The summed E-state index contributed by atoms with van der Waals surface area (Å²) in [6.07, 6.45) is 0.393. The number of thioether (sulfide) groups is 1. The number of halogens is 1. The first-order chi connectivity index (χ1) is 12.9. The van der Waals surface area contributed by atoms with E-state index in [0.717, 1.165) is 26.4 Å². The highest BCUT2D eigenvalue weighted by Crippen LogP contribution is 2.27. The smallest absolute Gasteiger partial charge is 0.252 e. The number of aromatic nitrogens is 4. The molecular weight excluding hydrogens is 426 g/mol. The van der Waals surface area contributed by atoms with Gasteiger partial charge in [0.25, 0.3) is 5.95 Å². The number of hydrogen-bond donors (Lipinski definition) is 1. The molecule has 0 spiro atoms. The Balaban J connectivity index is 1.67. The predicted octanol–water partition coefficient (Wildman–Crippen LogP) is 4.47. The summed E-state index contributed by atoms with van der Waals surface area (Å²) in [7, 11) is 0. The van der Waals surface area contributed by atoms with Crippen molar-refractivity contribution < 1.29 is 4.79 Å². The fraction of sp³-hybridized carbons (Fsp3) is 0.263. The number of hydrogen-bond acceptors (Lipinski definition) is 5. The molecule has 6 nitrogen and oxygen atoms in total. The lowest BCUT2D eigenvalue weighted by Gasteiger charge is -2.09. The lowest BCUT2D eigenvalue weighted by atomic mass is 10.4. The van der Waals surface area contributed by atoms with Crippen molar-refractivity contribution in [1.82, 2.24) is 19.7 Å². The third kappa shape index (κ3) is 5.17. The highest BCUT2D eigenvalue weighted by atomic mass is 79.9. The SMILES string of the molecule is Cc1cc(C)nc(-n2nc(C)cc2NC(=O)CCSc2ccccc2Br)n1. The van der Waals surface area contributed by atoms with Gasteiger partial charge in [-0.25, -0.2) is 9.97 Å². The van der Waals surface area contributed by atoms with Gasteiger partial charge in [-0.3, -0.25) is 4.79 Å². The largest absolute Gasteiger partial charge is 0.310 e. The van der Waals surface area contributed by atoms with E-state index in [1.54, 1.807) is 16.4 Å². The molecular formula is C19H20BrN5OS. The Bertz CT molecular complexity index is 952. The molecule has 3 rings (SSSR count). The molecule has 2 heterocycles. The van der Waals surface area contributed by atoms with E-state index in [2.05, 4.69) is 36.3 Å². The van der Waals surface area contributed by atoms with Crippen LogP contribution in [0.2, 0.25) is 0 Å². The maximum Gasteiger partial charge on any atom is 0.252 e. The monoisotopic (exact) mass is 445 g/mol. The molecule has 0 aliphatic carbocycles. The minimum Gasteiger partial charge on any atom is -0.310 e. The normalized spacial score (nSPS) is 10.8. The second-order valence-electron chi connectivity index (χ2n) is 6.11. The van der Waals surface area contributed by atoms with Crippen molar-refractivity contribution in [2.45, 2.75) is 32.1 Å². The van der Waals surface area contributed by atoms with E-state index in [4.69, 9.17) is 0 Å². The van der Waals surface area contributed by atoms with Crippen LogP contribution in [0, 0.1) is 20.8 Å². The summed E-state index contributed by atoms with van der Waals surface area (Å²) in [5.74, 6) is 1.65. The zero-order valence-electron chi connectivity index (χ0n) is 15.4. The number of anilines is 1. The number of rotatable bonds is 6. The molecule has 0 unspecified atom stereocenters. The number of carbonyl (C=O) groups is 1. The molecule has 0 atom stereocenters. The Hall–Kier alpha value is -2.19. The van der Waals surface area contributed by atoms with E-state index in [0.29, 0.717) is 23.9 Å². The summed E-state index contributed by atoms with van der Waals surface area (Å²) >= 11 is 5.16. The van der Waals surface area contributed by atoms with Crippen LogP contribution in [-0.2, 0) is 4.79 Å².